The van der Waals surface area contributed by atoms with Crippen molar-refractivity contribution in [3.8, 4) is 5.75 Å². The van der Waals surface area contributed by atoms with Crippen LogP contribution in [0.15, 0.2) is 24.3 Å². The normalized spacial score (nSPS) is 17.0. The highest BCUT2D eigenvalue weighted by atomic mass is 35.5. The van der Waals surface area contributed by atoms with E-state index in [0.717, 1.165) is 12.8 Å². The van der Waals surface area contributed by atoms with Crippen LogP contribution >= 0.6 is 11.6 Å². The second-order valence-electron chi connectivity index (χ2n) is 5.51. The zero-order valence-electron chi connectivity index (χ0n) is 12.8. The van der Waals surface area contributed by atoms with Crippen molar-refractivity contribution in [2.75, 3.05) is 33.4 Å². The van der Waals surface area contributed by atoms with Gasteiger partial charge in [-0.3, -0.25) is 4.79 Å². The zero-order chi connectivity index (χ0) is 15.9. The summed E-state index contributed by atoms with van der Waals surface area (Å²) >= 11 is 6.02. The van der Waals surface area contributed by atoms with Gasteiger partial charge < -0.3 is 20.1 Å². The first-order chi connectivity index (χ1) is 10.6. The van der Waals surface area contributed by atoms with E-state index >= 15 is 0 Å². The van der Waals surface area contributed by atoms with Gasteiger partial charge in [0, 0.05) is 20.3 Å². The van der Waals surface area contributed by atoms with Crippen molar-refractivity contribution in [3.05, 3.63) is 29.3 Å². The van der Waals surface area contributed by atoms with Gasteiger partial charge in [0.25, 0.3) is 0 Å². The summed E-state index contributed by atoms with van der Waals surface area (Å²) in [5.74, 6) is 0.779. The van der Waals surface area contributed by atoms with Gasteiger partial charge in [0.15, 0.2) is 0 Å². The molecular weight excluding hydrogens is 304 g/mol. The summed E-state index contributed by atoms with van der Waals surface area (Å²) in [4.78, 5) is 14.0. The van der Waals surface area contributed by atoms with Crippen molar-refractivity contribution in [1.29, 1.82) is 0 Å². The van der Waals surface area contributed by atoms with Crippen LogP contribution in [0.25, 0.3) is 0 Å². The molecule has 5 nitrogen and oxygen atoms in total. The second kappa shape index (κ2) is 8.36. The number of hydrogen-bond acceptors (Lipinski definition) is 4. The molecular formula is C16H23ClN2O3. The van der Waals surface area contributed by atoms with Gasteiger partial charge >= 0.3 is 0 Å². The van der Waals surface area contributed by atoms with Crippen molar-refractivity contribution in [3.63, 3.8) is 0 Å². The molecule has 1 atom stereocenters. The van der Waals surface area contributed by atoms with Gasteiger partial charge in [-0.1, -0.05) is 23.7 Å². The third-order valence-electron chi connectivity index (χ3n) is 3.96. The van der Waals surface area contributed by atoms with E-state index in [0.29, 0.717) is 37.1 Å². The molecule has 0 aliphatic carbocycles. The van der Waals surface area contributed by atoms with E-state index in [-0.39, 0.29) is 11.8 Å². The van der Waals surface area contributed by atoms with Crippen molar-refractivity contribution < 1.29 is 14.3 Å². The first-order valence-corrected chi connectivity index (χ1v) is 7.93. The lowest BCUT2D eigenvalue weighted by Gasteiger charge is -2.29. The van der Waals surface area contributed by atoms with Crippen molar-refractivity contribution in [1.82, 2.24) is 4.90 Å². The van der Waals surface area contributed by atoms with Gasteiger partial charge in [-0.05, 0) is 30.9 Å². The van der Waals surface area contributed by atoms with Crippen LogP contribution in [0.4, 0.5) is 0 Å². The van der Waals surface area contributed by atoms with Crippen LogP contribution in [0.5, 0.6) is 5.75 Å². The Kier molecular flexibility index (Phi) is 6.49. The van der Waals surface area contributed by atoms with E-state index in [4.69, 9.17) is 26.8 Å². The summed E-state index contributed by atoms with van der Waals surface area (Å²) in [5, 5.41) is 0.565. The number of benzene rings is 1. The first kappa shape index (κ1) is 17.1. The molecule has 1 aliphatic heterocycles. The van der Waals surface area contributed by atoms with Crippen LogP contribution in [0.3, 0.4) is 0 Å². The molecule has 22 heavy (non-hydrogen) atoms. The number of amides is 1. The molecule has 1 fully saturated rings. The number of hydrogen-bond donors (Lipinski definition) is 1. The molecule has 1 unspecified atom stereocenters. The number of ether oxygens (including phenoxy) is 2. The predicted molar refractivity (Wildman–Crippen MR) is 86.1 cm³/mol. The fourth-order valence-corrected chi connectivity index (χ4v) is 2.69. The second-order valence-corrected chi connectivity index (χ2v) is 5.92. The number of rotatable bonds is 6. The van der Waals surface area contributed by atoms with Crippen LogP contribution in [0, 0.1) is 5.92 Å². The van der Waals surface area contributed by atoms with E-state index < -0.39 is 6.04 Å². The molecule has 0 spiro atoms. The van der Waals surface area contributed by atoms with Crippen LogP contribution < -0.4 is 10.5 Å². The van der Waals surface area contributed by atoms with Gasteiger partial charge in [0.1, 0.15) is 12.4 Å². The highest BCUT2D eigenvalue weighted by molar-refractivity contribution is 6.32. The number of halogens is 1. The summed E-state index contributed by atoms with van der Waals surface area (Å²) < 4.78 is 10.9. The number of nitrogens with two attached hydrogens (primary N) is 1. The number of nitrogens with zero attached hydrogens (tertiary/aromatic N) is 1. The van der Waals surface area contributed by atoms with Crippen LogP contribution in [-0.4, -0.2) is 50.3 Å². The molecule has 1 aromatic rings. The average Bonchev–Trinajstić information content (AvgIpc) is 2.56. The minimum Gasteiger partial charge on any atom is -0.490 e. The Labute approximate surface area is 136 Å². The van der Waals surface area contributed by atoms with Crippen molar-refractivity contribution >= 4 is 17.5 Å². The molecule has 1 aromatic carbocycles. The number of carbonyl (C=O) groups is 1. The lowest BCUT2D eigenvalue weighted by atomic mass is 9.91. The monoisotopic (exact) mass is 326 g/mol. The largest absolute Gasteiger partial charge is 0.490 e. The Morgan fingerprint density at radius 3 is 2.82 bits per heavy atom. The maximum absolute atomic E-state index is 12.3. The summed E-state index contributed by atoms with van der Waals surface area (Å²) in [7, 11) is 1.75. The predicted octanol–water partition coefficient (Wildman–Crippen LogP) is 1.93. The minimum atomic E-state index is -0.464. The van der Waals surface area contributed by atoms with E-state index in [1.807, 2.05) is 12.1 Å². The Morgan fingerprint density at radius 2 is 2.14 bits per heavy atom. The number of para-hydroxylation sites is 1. The van der Waals surface area contributed by atoms with Gasteiger partial charge in [-0.25, -0.2) is 0 Å². The lowest BCUT2D eigenvalue weighted by Crippen LogP contribution is -2.48. The Hall–Kier alpha value is -1.30. The van der Waals surface area contributed by atoms with E-state index in [1.54, 1.807) is 24.1 Å². The average molecular weight is 327 g/mol. The summed E-state index contributed by atoms with van der Waals surface area (Å²) in [6.07, 6.45) is 1.69. The summed E-state index contributed by atoms with van der Waals surface area (Å²) in [6, 6.07) is 6.81. The maximum Gasteiger partial charge on any atom is 0.239 e. The fourth-order valence-electron chi connectivity index (χ4n) is 2.50. The van der Waals surface area contributed by atoms with E-state index in [9.17, 15) is 4.79 Å². The molecule has 1 amide bonds. The quantitative estimate of drug-likeness (QED) is 0.867. The van der Waals surface area contributed by atoms with Crippen molar-refractivity contribution in [2.24, 2.45) is 11.7 Å². The maximum atomic E-state index is 12.3. The molecule has 1 heterocycles. The molecule has 1 aliphatic rings. The number of likely N-dealkylation sites (N-methyl/N-ethyl adjacent to an activating group) is 1. The highest BCUT2D eigenvalue weighted by Gasteiger charge is 2.28. The first-order valence-electron chi connectivity index (χ1n) is 7.55. The molecule has 0 saturated carbocycles. The summed E-state index contributed by atoms with van der Waals surface area (Å²) in [5.41, 5.74) is 6.09. The summed E-state index contributed by atoms with van der Waals surface area (Å²) in [6.45, 7) is 2.23. The molecule has 0 aromatic heterocycles. The third-order valence-corrected chi connectivity index (χ3v) is 4.27. The molecule has 1 saturated heterocycles. The highest BCUT2D eigenvalue weighted by Crippen LogP contribution is 2.23. The standard InChI is InChI=1S/C16H23ClN2O3/c1-19(8-11-22-14-5-3-2-4-13(14)17)16(20)15(18)12-6-9-21-10-7-12/h2-5,12,15H,6-11,18H2,1H3. The van der Waals surface area contributed by atoms with Crippen LogP contribution in [0.1, 0.15) is 12.8 Å². The van der Waals surface area contributed by atoms with Gasteiger partial charge in [-0.15, -0.1) is 0 Å². The molecule has 0 radical (unpaired) electrons. The minimum absolute atomic E-state index is 0.0466. The van der Waals surface area contributed by atoms with Gasteiger partial charge in [0.05, 0.1) is 17.6 Å². The van der Waals surface area contributed by atoms with Gasteiger partial charge in [-0.2, -0.15) is 0 Å². The third kappa shape index (κ3) is 4.60. The fraction of sp³-hybridized carbons (Fsp3) is 0.562. The number of carbonyl (C=O) groups excluding carboxylic acids is 1. The van der Waals surface area contributed by atoms with E-state index in [1.165, 1.54) is 0 Å². The topological polar surface area (TPSA) is 64.8 Å². The van der Waals surface area contributed by atoms with Crippen LogP contribution in [0.2, 0.25) is 5.02 Å². The lowest BCUT2D eigenvalue weighted by molar-refractivity contribution is -0.133. The SMILES string of the molecule is CN(CCOc1ccccc1Cl)C(=O)C(N)C1CCOCC1. The smallest absolute Gasteiger partial charge is 0.239 e. The zero-order valence-corrected chi connectivity index (χ0v) is 13.6. The Balaban J connectivity index is 1.77. The van der Waals surface area contributed by atoms with Crippen LogP contribution in [-0.2, 0) is 9.53 Å². The molecule has 122 valence electrons. The molecule has 2 N–H and O–H groups in total. The molecule has 6 heteroatoms. The van der Waals surface area contributed by atoms with Gasteiger partial charge in [0.2, 0.25) is 5.91 Å². The van der Waals surface area contributed by atoms with Crippen molar-refractivity contribution in [2.45, 2.75) is 18.9 Å². The Morgan fingerprint density at radius 1 is 1.45 bits per heavy atom. The Bertz CT molecular complexity index is 492. The molecule has 0 bridgehead atoms. The molecule has 2 rings (SSSR count). The van der Waals surface area contributed by atoms with E-state index in [2.05, 4.69) is 0 Å².